The maximum Gasteiger partial charge on any atom is 0.269 e. The van der Waals surface area contributed by atoms with Gasteiger partial charge < -0.3 is 9.47 Å². The van der Waals surface area contributed by atoms with E-state index in [-0.39, 0.29) is 18.5 Å². The Morgan fingerprint density at radius 2 is 1.88 bits per heavy atom. The van der Waals surface area contributed by atoms with E-state index in [1.54, 1.807) is 23.5 Å². The second-order valence-electron chi connectivity index (χ2n) is 8.21. The Morgan fingerprint density at radius 3 is 2.59 bits per heavy atom. The SMILES string of the molecule is CC1Cc2cc3c(cc2C(c2ccc([N+](=O)[O-])cc2)=NN1c1nnc(C2CC2)s1)OCO3. The van der Waals surface area contributed by atoms with E-state index >= 15 is 0 Å². The fourth-order valence-electron chi connectivity index (χ4n) is 4.04. The molecule has 32 heavy (non-hydrogen) atoms. The van der Waals surface area contributed by atoms with Crippen molar-refractivity contribution in [1.82, 2.24) is 10.2 Å². The number of fused-ring (bicyclic) bond motifs is 2. The van der Waals surface area contributed by atoms with E-state index in [0.29, 0.717) is 17.4 Å². The summed E-state index contributed by atoms with van der Waals surface area (Å²) in [6, 6.07) is 10.4. The van der Waals surface area contributed by atoms with Crippen molar-refractivity contribution in [3.63, 3.8) is 0 Å². The Labute approximate surface area is 187 Å². The van der Waals surface area contributed by atoms with E-state index in [0.717, 1.165) is 39.0 Å². The molecule has 3 heterocycles. The van der Waals surface area contributed by atoms with Crippen LogP contribution >= 0.6 is 11.3 Å². The van der Waals surface area contributed by atoms with Gasteiger partial charge >= 0.3 is 0 Å². The van der Waals surface area contributed by atoms with Gasteiger partial charge in [0.2, 0.25) is 11.9 Å². The van der Waals surface area contributed by atoms with Gasteiger partial charge in [-0.25, -0.2) is 5.01 Å². The molecular weight excluding hydrogens is 430 g/mol. The van der Waals surface area contributed by atoms with Crippen LogP contribution in [0, 0.1) is 10.1 Å². The van der Waals surface area contributed by atoms with Gasteiger partial charge in [0.1, 0.15) is 5.01 Å². The third kappa shape index (κ3) is 3.27. The molecule has 0 saturated heterocycles. The standard InChI is InChI=1S/C22H19N5O4S/c1-12-8-15-9-18-19(31-11-30-18)10-17(15)20(13-4-6-16(7-5-13)27(28)29)25-26(12)22-24-23-21(32-22)14-2-3-14/h4-7,9-10,12,14H,2-3,8,11H2,1H3. The Hall–Kier alpha value is -3.53. The lowest BCUT2D eigenvalue weighted by atomic mass is 9.94. The predicted octanol–water partition coefficient (Wildman–Crippen LogP) is 4.26. The molecule has 0 amide bonds. The van der Waals surface area contributed by atoms with Gasteiger partial charge in [-0.1, -0.05) is 11.3 Å². The molecule has 0 spiro atoms. The number of nitrogens with zero attached hydrogens (tertiary/aromatic N) is 5. The van der Waals surface area contributed by atoms with Crippen LogP contribution in [0.2, 0.25) is 0 Å². The highest BCUT2D eigenvalue weighted by Gasteiger charge is 2.32. The molecule has 2 aromatic carbocycles. The largest absolute Gasteiger partial charge is 0.454 e. The molecule has 0 N–H and O–H groups in total. The van der Waals surface area contributed by atoms with Crippen molar-refractivity contribution in [2.24, 2.45) is 5.10 Å². The van der Waals surface area contributed by atoms with Crippen LogP contribution in [0.1, 0.15) is 47.4 Å². The monoisotopic (exact) mass is 449 g/mol. The van der Waals surface area contributed by atoms with Crippen LogP contribution < -0.4 is 14.5 Å². The predicted molar refractivity (Wildman–Crippen MR) is 119 cm³/mol. The number of aromatic nitrogens is 2. The second-order valence-corrected chi connectivity index (χ2v) is 9.20. The first-order valence-corrected chi connectivity index (χ1v) is 11.3. The number of nitro groups is 1. The van der Waals surface area contributed by atoms with Crippen molar-refractivity contribution in [2.45, 2.75) is 38.1 Å². The van der Waals surface area contributed by atoms with E-state index in [9.17, 15) is 10.1 Å². The minimum absolute atomic E-state index is 0.0321. The number of rotatable bonds is 4. The molecule has 1 atom stereocenters. The van der Waals surface area contributed by atoms with Gasteiger partial charge in [-0.2, -0.15) is 5.10 Å². The van der Waals surface area contributed by atoms with Crippen LogP contribution in [-0.2, 0) is 6.42 Å². The van der Waals surface area contributed by atoms with Crippen LogP contribution in [0.4, 0.5) is 10.8 Å². The first kappa shape index (κ1) is 19.2. The topological polar surface area (TPSA) is 103 Å². The summed E-state index contributed by atoms with van der Waals surface area (Å²) in [6.45, 7) is 2.30. The highest BCUT2D eigenvalue weighted by atomic mass is 32.1. The van der Waals surface area contributed by atoms with Crippen molar-refractivity contribution in [3.8, 4) is 11.5 Å². The third-order valence-corrected chi connectivity index (χ3v) is 6.97. The number of benzene rings is 2. The molecule has 3 aliphatic rings. The van der Waals surface area contributed by atoms with Crippen LogP contribution in [0.3, 0.4) is 0 Å². The Kier molecular flexibility index (Phi) is 4.35. The number of nitro benzene ring substituents is 1. The molecule has 2 aliphatic heterocycles. The molecule has 1 fully saturated rings. The summed E-state index contributed by atoms with van der Waals surface area (Å²) in [5.41, 5.74) is 3.53. The molecule has 0 radical (unpaired) electrons. The van der Waals surface area contributed by atoms with Crippen LogP contribution in [0.5, 0.6) is 11.5 Å². The van der Waals surface area contributed by atoms with Crippen LogP contribution in [-0.4, -0.2) is 33.7 Å². The first-order valence-electron chi connectivity index (χ1n) is 10.5. The lowest BCUT2D eigenvalue weighted by Gasteiger charge is -2.21. The summed E-state index contributed by atoms with van der Waals surface area (Å²) < 4.78 is 11.2. The van der Waals surface area contributed by atoms with E-state index in [2.05, 4.69) is 17.1 Å². The summed E-state index contributed by atoms with van der Waals surface area (Å²) in [5, 5.41) is 28.7. The Morgan fingerprint density at radius 1 is 1.12 bits per heavy atom. The van der Waals surface area contributed by atoms with Gasteiger partial charge in [-0.15, -0.1) is 10.2 Å². The summed E-state index contributed by atoms with van der Waals surface area (Å²) in [7, 11) is 0. The van der Waals surface area contributed by atoms with E-state index in [1.807, 2.05) is 17.1 Å². The number of anilines is 1. The zero-order valence-corrected chi connectivity index (χ0v) is 18.0. The van der Waals surface area contributed by atoms with Gasteiger partial charge in [-0.05, 0) is 56.0 Å². The highest BCUT2D eigenvalue weighted by Crippen LogP contribution is 2.44. The summed E-state index contributed by atoms with van der Waals surface area (Å²) in [5.74, 6) is 1.92. The maximum absolute atomic E-state index is 11.1. The number of ether oxygens (including phenoxy) is 2. The Balaban J connectivity index is 1.49. The summed E-state index contributed by atoms with van der Waals surface area (Å²) in [6.07, 6.45) is 3.06. The highest BCUT2D eigenvalue weighted by molar-refractivity contribution is 7.15. The quantitative estimate of drug-likeness (QED) is 0.433. The molecular formula is C22H19N5O4S. The van der Waals surface area contributed by atoms with Crippen LogP contribution in [0.25, 0.3) is 0 Å². The summed E-state index contributed by atoms with van der Waals surface area (Å²) in [4.78, 5) is 10.7. The van der Waals surface area contributed by atoms with Crippen molar-refractivity contribution in [2.75, 3.05) is 11.8 Å². The molecule has 3 aromatic rings. The van der Waals surface area contributed by atoms with Crippen molar-refractivity contribution >= 4 is 27.9 Å². The number of non-ortho nitro benzene ring substituents is 1. The fourth-order valence-corrected chi connectivity index (χ4v) is 5.11. The second kappa shape index (κ2) is 7.27. The number of hydrazone groups is 1. The van der Waals surface area contributed by atoms with Gasteiger partial charge in [-0.3, -0.25) is 10.1 Å². The van der Waals surface area contributed by atoms with Gasteiger partial charge in [0.15, 0.2) is 11.5 Å². The zero-order chi connectivity index (χ0) is 21.8. The first-order chi connectivity index (χ1) is 15.6. The lowest BCUT2D eigenvalue weighted by Crippen LogP contribution is -2.29. The van der Waals surface area contributed by atoms with E-state index in [1.165, 1.54) is 25.0 Å². The number of hydrogen-bond acceptors (Lipinski definition) is 9. The Bertz CT molecular complexity index is 1250. The lowest BCUT2D eigenvalue weighted by molar-refractivity contribution is -0.384. The molecule has 1 saturated carbocycles. The molecule has 10 heteroatoms. The van der Waals surface area contributed by atoms with Crippen molar-refractivity contribution in [1.29, 1.82) is 0 Å². The van der Waals surface area contributed by atoms with Gasteiger partial charge in [0.25, 0.3) is 5.69 Å². The minimum Gasteiger partial charge on any atom is -0.454 e. The number of hydrogen-bond donors (Lipinski definition) is 0. The third-order valence-electron chi connectivity index (χ3n) is 5.90. The van der Waals surface area contributed by atoms with Crippen molar-refractivity contribution < 1.29 is 14.4 Å². The van der Waals surface area contributed by atoms with Crippen LogP contribution in [0.15, 0.2) is 41.5 Å². The van der Waals surface area contributed by atoms with E-state index < -0.39 is 4.92 Å². The molecule has 162 valence electrons. The average Bonchev–Trinajstić information content (AvgIpc) is 3.38. The smallest absolute Gasteiger partial charge is 0.269 e. The van der Waals surface area contributed by atoms with E-state index in [4.69, 9.17) is 14.6 Å². The summed E-state index contributed by atoms with van der Waals surface area (Å²) >= 11 is 1.59. The molecule has 1 aromatic heterocycles. The van der Waals surface area contributed by atoms with Crippen molar-refractivity contribution in [3.05, 3.63) is 68.2 Å². The molecule has 1 unspecified atom stereocenters. The maximum atomic E-state index is 11.1. The minimum atomic E-state index is -0.403. The average molecular weight is 449 g/mol. The molecule has 1 aliphatic carbocycles. The molecule has 0 bridgehead atoms. The molecule has 9 nitrogen and oxygen atoms in total. The molecule has 6 rings (SSSR count). The normalized spacial score (nSPS) is 19.3. The van der Waals surface area contributed by atoms with Gasteiger partial charge in [0, 0.05) is 29.2 Å². The van der Waals surface area contributed by atoms with Gasteiger partial charge in [0.05, 0.1) is 16.7 Å². The fraction of sp³-hybridized carbons (Fsp3) is 0.318. The zero-order valence-electron chi connectivity index (χ0n) is 17.2.